The highest BCUT2D eigenvalue weighted by Crippen LogP contribution is 2.23. The molecule has 1 heterocycles. The van der Waals surface area contributed by atoms with Crippen LogP contribution in [0.2, 0.25) is 0 Å². The number of ether oxygens (including phenoxy) is 1. The van der Waals surface area contributed by atoms with E-state index in [4.69, 9.17) is 4.74 Å². The lowest BCUT2D eigenvalue weighted by Crippen LogP contribution is -2.22. The van der Waals surface area contributed by atoms with Crippen LogP contribution in [-0.4, -0.2) is 17.1 Å². The molecule has 0 atom stereocenters. The topological polar surface area (TPSA) is 43.6 Å². The monoisotopic (exact) mass is 292 g/mol. The van der Waals surface area contributed by atoms with E-state index in [1.807, 2.05) is 57.5 Å². The number of amides is 1. The molecule has 5 heteroatoms. The summed E-state index contributed by atoms with van der Waals surface area (Å²) in [5.74, 6) is 0.736. The standard InChI is InChI=1S/C15H20N2O2S/c1-6-19-10-7-8-11-12(9-10)20-14(17(11)5)16-13(18)15(2,3)4/h7-9H,6H2,1-5H3. The first-order valence-electron chi connectivity index (χ1n) is 6.64. The lowest BCUT2D eigenvalue weighted by Gasteiger charge is -2.11. The first kappa shape index (κ1) is 14.8. The van der Waals surface area contributed by atoms with Gasteiger partial charge in [0.1, 0.15) is 5.75 Å². The van der Waals surface area contributed by atoms with Crippen LogP contribution in [0, 0.1) is 5.41 Å². The van der Waals surface area contributed by atoms with E-state index >= 15 is 0 Å². The summed E-state index contributed by atoms with van der Waals surface area (Å²) < 4.78 is 8.51. The van der Waals surface area contributed by atoms with Gasteiger partial charge in [-0.15, -0.1) is 0 Å². The molecule has 0 fully saturated rings. The largest absolute Gasteiger partial charge is 0.494 e. The molecule has 0 aliphatic carbocycles. The molecule has 0 spiro atoms. The molecule has 4 nitrogen and oxygen atoms in total. The quantitative estimate of drug-likeness (QED) is 0.853. The number of rotatable bonds is 2. The van der Waals surface area contributed by atoms with Crippen molar-refractivity contribution in [3.63, 3.8) is 0 Å². The number of aromatic nitrogens is 1. The number of hydrogen-bond donors (Lipinski definition) is 0. The molecule has 0 bridgehead atoms. The zero-order chi connectivity index (χ0) is 14.9. The minimum atomic E-state index is -0.459. The summed E-state index contributed by atoms with van der Waals surface area (Å²) in [5.41, 5.74) is 0.596. The molecule has 0 saturated carbocycles. The third kappa shape index (κ3) is 2.93. The average molecular weight is 292 g/mol. The van der Waals surface area contributed by atoms with E-state index in [-0.39, 0.29) is 5.91 Å². The zero-order valence-electron chi connectivity index (χ0n) is 12.6. The van der Waals surface area contributed by atoms with Crippen molar-refractivity contribution in [1.29, 1.82) is 0 Å². The summed E-state index contributed by atoms with van der Waals surface area (Å²) in [6.45, 7) is 8.22. The van der Waals surface area contributed by atoms with Gasteiger partial charge in [0.05, 0.1) is 16.8 Å². The third-order valence-corrected chi connectivity index (χ3v) is 4.03. The number of benzene rings is 1. The van der Waals surface area contributed by atoms with E-state index in [0.717, 1.165) is 16.0 Å². The molecule has 1 amide bonds. The Morgan fingerprint density at radius 3 is 2.70 bits per heavy atom. The van der Waals surface area contributed by atoms with Crippen molar-refractivity contribution >= 4 is 27.5 Å². The maximum atomic E-state index is 12.0. The van der Waals surface area contributed by atoms with Crippen molar-refractivity contribution < 1.29 is 9.53 Å². The molecule has 0 aliphatic rings. The van der Waals surface area contributed by atoms with E-state index in [1.165, 1.54) is 11.3 Å². The molecular formula is C15H20N2O2S. The lowest BCUT2D eigenvalue weighted by atomic mass is 9.96. The van der Waals surface area contributed by atoms with Crippen LogP contribution in [0.3, 0.4) is 0 Å². The smallest absolute Gasteiger partial charge is 0.253 e. The van der Waals surface area contributed by atoms with Crippen LogP contribution in [0.4, 0.5) is 0 Å². The van der Waals surface area contributed by atoms with Crippen LogP contribution in [-0.2, 0) is 11.8 Å². The van der Waals surface area contributed by atoms with Gasteiger partial charge in [-0.2, -0.15) is 4.99 Å². The Balaban J connectivity index is 2.53. The SMILES string of the molecule is CCOc1ccc2c(c1)sc(=NC(=O)C(C)(C)C)n2C. The predicted octanol–water partition coefficient (Wildman–Crippen LogP) is 3.11. The highest BCUT2D eigenvalue weighted by Gasteiger charge is 2.20. The van der Waals surface area contributed by atoms with Gasteiger partial charge in [0.2, 0.25) is 0 Å². The van der Waals surface area contributed by atoms with Crippen LogP contribution >= 0.6 is 11.3 Å². The van der Waals surface area contributed by atoms with Gasteiger partial charge >= 0.3 is 0 Å². The fourth-order valence-electron chi connectivity index (χ4n) is 1.73. The zero-order valence-corrected chi connectivity index (χ0v) is 13.4. The fourth-order valence-corrected chi connectivity index (χ4v) is 2.78. The molecule has 2 aromatic rings. The Hall–Kier alpha value is -1.62. The van der Waals surface area contributed by atoms with E-state index in [2.05, 4.69) is 4.99 Å². The molecule has 0 radical (unpaired) electrons. The van der Waals surface area contributed by atoms with Gasteiger partial charge in [-0.25, -0.2) is 0 Å². The summed E-state index contributed by atoms with van der Waals surface area (Å²) in [5, 5.41) is 0. The first-order valence-corrected chi connectivity index (χ1v) is 7.46. The van der Waals surface area contributed by atoms with E-state index in [9.17, 15) is 4.79 Å². The van der Waals surface area contributed by atoms with Gasteiger partial charge in [-0.1, -0.05) is 32.1 Å². The van der Waals surface area contributed by atoms with Crippen molar-refractivity contribution in [2.75, 3.05) is 6.61 Å². The second-order valence-electron chi connectivity index (χ2n) is 5.67. The number of nitrogens with zero attached hydrogens (tertiary/aromatic N) is 2. The van der Waals surface area contributed by atoms with Crippen LogP contribution in [0.15, 0.2) is 23.2 Å². The summed E-state index contributed by atoms with van der Waals surface area (Å²) >= 11 is 1.50. The molecule has 2 rings (SSSR count). The maximum absolute atomic E-state index is 12.0. The molecule has 0 saturated heterocycles. The van der Waals surface area contributed by atoms with Crippen LogP contribution in [0.25, 0.3) is 10.2 Å². The van der Waals surface area contributed by atoms with Gasteiger partial charge in [0, 0.05) is 12.5 Å². The summed E-state index contributed by atoms with van der Waals surface area (Å²) in [4.78, 5) is 17.0. The van der Waals surface area contributed by atoms with E-state index < -0.39 is 5.41 Å². The molecule has 108 valence electrons. The molecule has 0 aliphatic heterocycles. The normalized spacial score (nSPS) is 12.9. The molecular weight excluding hydrogens is 272 g/mol. The fraction of sp³-hybridized carbons (Fsp3) is 0.467. The van der Waals surface area contributed by atoms with Crippen LogP contribution < -0.4 is 9.54 Å². The lowest BCUT2D eigenvalue weighted by molar-refractivity contribution is -0.125. The molecule has 0 unspecified atom stereocenters. The van der Waals surface area contributed by atoms with Crippen LogP contribution in [0.5, 0.6) is 5.75 Å². The minimum Gasteiger partial charge on any atom is -0.494 e. The van der Waals surface area contributed by atoms with Gasteiger partial charge < -0.3 is 9.30 Å². The van der Waals surface area contributed by atoms with Crippen molar-refractivity contribution in [2.45, 2.75) is 27.7 Å². The number of thiazole rings is 1. The average Bonchev–Trinajstić information content (AvgIpc) is 2.65. The van der Waals surface area contributed by atoms with Gasteiger partial charge in [-0.3, -0.25) is 4.79 Å². The highest BCUT2D eigenvalue weighted by atomic mass is 32.1. The number of carbonyl (C=O) groups is 1. The summed E-state index contributed by atoms with van der Waals surface area (Å²) in [7, 11) is 1.92. The second-order valence-corrected chi connectivity index (χ2v) is 6.68. The maximum Gasteiger partial charge on any atom is 0.253 e. The Morgan fingerprint density at radius 1 is 1.40 bits per heavy atom. The van der Waals surface area contributed by atoms with Crippen molar-refractivity contribution in [1.82, 2.24) is 4.57 Å². The summed E-state index contributed by atoms with van der Waals surface area (Å²) in [6, 6.07) is 5.93. The molecule has 20 heavy (non-hydrogen) atoms. The Bertz CT molecular complexity index is 705. The Morgan fingerprint density at radius 2 is 2.10 bits per heavy atom. The van der Waals surface area contributed by atoms with Gasteiger partial charge in [0.25, 0.3) is 5.91 Å². The first-order chi connectivity index (χ1) is 9.32. The number of carbonyl (C=O) groups excluding carboxylic acids is 1. The minimum absolute atomic E-state index is 0.107. The molecule has 0 N–H and O–H groups in total. The van der Waals surface area contributed by atoms with E-state index in [0.29, 0.717) is 11.4 Å². The molecule has 1 aromatic heterocycles. The van der Waals surface area contributed by atoms with E-state index in [1.54, 1.807) is 0 Å². The predicted molar refractivity (Wildman–Crippen MR) is 82.0 cm³/mol. The van der Waals surface area contributed by atoms with Crippen LogP contribution in [0.1, 0.15) is 27.7 Å². The number of aryl methyl sites for hydroxylation is 1. The number of hydrogen-bond acceptors (Lipinski definition) is 3. The molecule has 1 aromatic carbocycles. The summed E-state index contributed by atoms with van der Waals surface area (Å²) in [6.07, 6.45) is 0. The third-order valence-electron chi connectivity index (χ3n) is 2.93. The Labute approximate surface area is 122 Å². The Kier molecular flexibility index (Phi) is 3.99. The van der Waals surface area contributed by atoms with Gasteiger partial charge in [-0.05, 0) is 25.1 Å². The second kappa shape index (κ2) is 5.40. The number of fused-ring (bicyclic) bond motifs is 1. The van der Waals surface area contributed by atoms with Crippen molar-refractivity contribution in [3.05, 3.63) is 23.0 Å². The van der Waals surface area contributed by atoms with Crippen molar-refractivity contribution in [2.24, 2.45) is 17.5 Å². The van der Waals surface area contributed by atoms with Crippen molar-refractivity contribution in [3.8, 4) is 5.75 Å². The highest BCUT2D eigenvalue weighted by molar-refractivity contribution is 7.16. The van der Waals surface area contributed by atoms with Gasteiger partial charge in [0.15, 0.2) is 4.80 Å².